The van der Waals surface area contributed by atoms with Crippen LogP contribution in [0.1, 0.15) is 33.3 Å². The maximum Gasteiger partial charge on any atom is 0.223 e. The Balaban J connectivity index is 2.52. The van der Waals surface area contributed by atoms with Gasteiger partial charge < -0.3 is 19.9 Å². The van der Waals surface area contributed by atoms with E-state index in [1.54, 1.807) is 36.4 Å². The third-order valence-electron chi connectivity index (χ3n) is 4.98. The van der Waals surface area contributed by atoms with Crippen molar-refractivity contribution in [2.24, 2.45) is 11.6 Å². The summed E-state index contributed by atoms with van der Waals surface area (Å²) in [5, 5.41) is 0.785. The summed E-state index contributed by atoms with van der Waals surface area (Å²) in [4.78, 5) is 0.0880. The Kier molecular flexibility index (Phi) is 7.13. The molecule has 2 rings (SSSR count). The van der Waals surface area contributed by atoms with Crippen molar-refractivity contribution in [3.63, 3.8) is 0 Å². The number of benzene rings is 2. The van der Waals surface area contributed by atoms with Gasteiger partial charge >= 0.3 is 0 Å². The summed E-state index contributed by atoms with van der Waals surface area (Å²) in [6.07, 6.45) is 0. The molecule has 0 aliphatic rings. The first-order valence-electron chi connectivity index (χ1n) is 9.55. The minimum absolute atomic E-state index is 0.0880. The average molecular weight is 450 g/mol. The maximum absolute atomic E-state index is 13.1. The number of nitrogens with zero attached hydrogens (tertiary/aromatic N) is 1. The number of ether oxygens (including phenoxy) is 3. The van der Waals surface area contributed by atoms with Crippen molar-refractivity contribution in [3.8, 4) is 17.2 Å². The van der Waals surface area contributed by atoms with Crippen molar-refractivity contribution in [1.82, 2.24) is 0 Å². The molecule has 0 amide bonds. The molecule has 2 aromatic carbocycles. The summed E-state index contributed by atoms with van der Waals surface area (Å²) < 4.78 is 42.2. The number of hydrazine groups is 1. The van der Waals surface area contributed by atoms with Crippen LogP contribution in [0.25, 0.3) is 0 Å². The quantitative estimate of drug-likeness (QED) is 0.488. The predicted octanol–water partition coefficient (Wildman–Crippen LogP) is 3.31. The molecule has 0 fully saturated rings. The summed E-state index contributed by atoms with van der Waals surface area (Å²) in [5.41, 5.74) is 7.49. The summed E-state index contributed by atoms with van der Waals surface area (Å²) in [7, 11) is 0.486. The zero-order chi connectivity index (χ0) is 23.6. The van der Waals surface area contributed by atoms with Crippen molar-refractivity contribution in [3.05, 3.63) is 52.7 Å². The lowest BCUT2D eigenvalue weighted by Gasteiger charge is -2.24. The topological polar surface area (TPSA) is 117 Å². The van der Waals surface area contributed by atoms with Gasteiger partial charge in [0.2, 0.25) is 9.84 Å². The molecule has 0 radical (unpaired) electrons. The van der Waals surface area contributed by atoms with Gasteiger partial charge in [-0.3, -0.25) is 5.01 Å². The fraction of sp³-hybridized carbons (Fsp3) is 0.364. The molecule has 0 atom stereocenters. The molecule has 0 spiro atoms. The molecule has 9 heteroatoms. The van der Waals surface area contributed by atoms with Crippen molar-refractivity contribution >= 4 is 15.5 Å². The number of sulfone groups is 1. The van der Waals surface area contributed by atoms with Gasteiger partial charge in [0, 0.05) is 12.1 Å². The fourth-order valence-corrected chi connectivity index (χ4v) is 4.19. The standard InChI is InChI=1S/C22H31N3O5S/c1-14(25(24)17-12-19(29-6)20(30-7)13-18(17)28-5)21(23)31(26,27)16-10-8-15(9-11-16)22(2,3)4/h8-13H,23-24H2,1-7H3/b21-14+. The zero-order valence-electron chi connectivity index (χ0n) is 19.0. The summed E-state index contributed by atoms with van der Waals surface area (Å²) in [6.45, 7) is 7.68. The molecule has 4 N–H and O–H groups in total. The number of allylic oxidation sites excluding steroid dienone is 1. The average Bonchev–Trinajstić information content (AvgIpc) is 2.75. The Bertz CT molecular complexity index is 1070. The second kappa shape index (κ2) is 9.07. The highest BCUT2D eigenvalue weighted by Crippen LogP contribution is 2.40. The number of hydrogen-bond acceptors (Lipinski definition) is 8. The van der Waals surface area contributed by atoms with Crippen LogP contribution in [0.3, 0.4) is 0 Å². The Morgan fingerprint density at radius 1 is 0.903 bits per heavy atom. The number of nitrogens with two attached hydrogens (primary N) is 2. The van der Waals surface area contributed by atoms with Crippen LogP contribution in [0.15, 0.2) is 52.0 Å². The van der Waals surface area contributed by atoms with E-state index in [1.807, 2.05) is 0 Å². The molecule has 0 aliphatic heterocycles. The number of hydrogen-bond donors (Lipinski definition) is 2. The Hall–Kier alpha value is -2.91. The van der Waals surface area contributed by atoms with Crippen molar-refractivity contribution in [1.29, 1.82) is 0 Å². The van der Waals surface area contributed by atoms with E-state index in [0.29, 0.717) is 22.9 Å². The SMILES string of the molecule is COc1cc(OC)c(N(N)/C(C)=C(\N)S(=O)(=O)c2ccc(C(C)(C)C)cc2)cc1OC. The molecular weight excluding hydrogens is 418 g/mol. The van der Waals surface area contributed by atoms with E-state index in [4.69, 9.17) is 25.8 Å². The van der Waals surface area contributed by atoms with Gasteiger partial charge in [-0.1, -0.05) is 32.9 Å². The molecule has 0 aromatic heterocycles. The predicted molar refractivity (Wildman–Crippen MR) is 122 cm³/mol. The van der Waals surface area contributed by atoms with E-state index in [0.717, 1.165) is 10.6 Å². The van der Waals surface area contributed by atoms with Crippen LogP contribution in [0, 0.1) is 0 Å². The molecule has 0 saturated heterocycles. The third-order valence-corrected chi connectivity index (χ3v) is 6.75. The second-order valence-corrected chi connectivity index (χ2v) is 9.89. The van der Waals surface area contributed by atoms with Gasteiger partial charge in [-0.2, -0.15) is 0 Å². The second-order valence-electron chi connectivity index (χ2n) is 7.98. The van der Waals surface area contributed by atoms with Crippen molar-refractivity contribution < 1.29 is 22.6 Å². The molecule has 0 unspecified atom stereocenters. The van der Waals surface area contributed by atoms with E-state index in [-0.39, 0.29) is 21.0 Å². The molecule has 31 heavy (non-hydrogen) atoms. The minimum Gasteiger partial charge on any atom is -0.494 e. The monoisotopic (exact) mass is 449 g/mol. The van der Waals surface area contributed by atoms with Gasteiger partial charge in [-0.25, -0.2) is 14.3 Å². The van der Waals surface area contributed by atoms with E-state index in [1.165, 1.54) is 28.3 Å². The molecule has 0 saturated carbocycles. The number of methoxy groups -OCH3 is 3. The van der Waals surface area contributed by atoms with Crippen LogP contribution in [0.2, 0.25) is 0 Å². The lowest BCUT2D eigenvalue weighted by molar-refractivity contribution is 0.349. The largest absolute Gasteiger partial charge is 0.494 e. The maximum atomic E-state index is 13.1. The van der Waals surface area contributed by atoms with Crippen LogP contribution in [-0.4, -0.2) is 29.7 Å². The lowest BCUT2D eigenvalue weighted by Crippen LogP contribution is -2.33. The first-order chi connectivity index (χ1) is 14.4. The summed E-state index contributed by atoms with van der Waals surface area (Å²) >= 11 is 0. The molecule has 170 valence electrons. The van der Waals surface area contributed by atoms with Crippen LogP contribution in [0.5, 0.6) is 17.2 Å². The molecule has 0 aliphatic carbocycles. The molecule has 0 heterocycles. The number of rotatable bonds is 7. The van der Waals surface area contributed by atoms with Crippen LogP contribution >= 0.6 is 0 Å². The lowest BCUT2D eigenvalue weighted by atomic mass is 9.87. The Morgan fingerprint density at radius 3 is 1.84 bits per heavy atom. The van der Waals surface area contributed by atoms with Gasteiger partial charge in [0.05, 0.1) is 31.9 Å². The molecular formula is C22H31N3O5S. The van der Waals surface area contributed by atoms with Crippen LogP contribution in [0.4, 0.5) is 5.69 Å². The summed E-state index contributed by atoms with van der Waals surface area (Å²) in [5.74, 6) is 7.45. The summed E-state index contributed by atoms with van der Waals surface area (Å²) in [6, 6.07) is 9.85. The van der Waals surface area contributed by atoms with Crippen molar-refractivity contribution in [2.75, 3.05) is 26.3 Å². The van der Waals surface area contributed by atoms with Gasteiger partial charge in [-0.15, -0.1) is 0 Å². The highest BCUT2D eigenvalue weighted by molar-refractivity contribution is 7.95. The molecule has 0 bridgehead atoms. The van der Waals surface area contributed by atoms with Crippen molar-refractivity contribution in [2.45, 2.75) is 38.0 Å². The Labute approximate surface area is 184 Å². The third kappa shape index (κ3) is 4.88. The number of anilines is 1. The zero-order valence-corrected chi connectivity index (χ0v) is 19.8. The minimum atomic E-state index is -3.96. The van der Waals surface area contributed by atoms with Gasteiger partial charge in [0.25, 0.3) is 0 Å². The highest BCUT2D eigenvalue weighted by atomic mass is 32.2. The van der Waals surface area contributed by atoms with Gasteiger partial charge in [0.1, 0.15) is 11.4 Å². The molecule has 8 nitrogen and oxygen atoms in total. The fourth-order valence-electron chi connectivity index (χ4n) is 2.96. The first-order valence-corrected chi connectivity index (χ1v) is 11.0. The van der Waals surface area contributed by atoms with Gasteiger partial charge in [-0.05, 0) is 30.0 Å². The van der Waals surface area contributed by atoms with Gasteiger partial charge in [0.15, 0.2) is 16.5 Å². The van der Waals surface area contributed by atoms with E-state index >= 15 is 0 Å². The van der Waals surface area contributed by atoms with E-state index in [9.17, 15) is 8.42 Å². The van der Waals surface area contributed by atoms with E-state index in [2.05, 4.69) is 20.8 Å². The molecule has 2 aromatic rings. The van der Waals surface area contributed by atoms with E-state index < -0.39 is 9.84 Å². The first kappa shape index (κ1) is 24.4. The normalized spacial score (nSPS) is 12.8. The van der Waals surface area contributed by atoms with Crippen LogP contribution < -0.4 is 30.8 Å². The smallest absolute Gasteiger partial charge is 0.223 e. The highest BCUT2D eigenvalue weighted by Gasteiger charge is 2.25. The van der Waals surface area contributed by atoms with Crippen LogP contribution in [-0.2, 0) is 15.3 Å². The Morgan fingerprint density at radius 2 is 1.39 bits per heavy atom.